The highest BCUT2D eigenvalue weighted by Crippen LogP contribution is 2.23. The molecule has 1 N–H and O–H groups in total. The zero-order valence-corrected chi connectivity index (χ0v) is 14.8. The number of halogens is 1. The second-order valence-electron chi connectivity index (χ2n) is 5.65. The van der Waals surface area contributed by atoms with Gasteiger partial charge in [-0.05, 0) is 30.7 Å². The topological polar surface area (TPSA) is 51.2 Å². The number of ether oxygens (including phenoxy) is 1. The minimum atomic E-state index is -0.513. The Morgan fingerprint density at radius 1 is 1.35 bits per heavy atom. The minimum absolute atomic E-state index is 0.0753. The van der Waals surface area contributed by atoms with Gasteiger partial charge in [0.05, 0.1) is 28.8 Å². The lowest BCUT2D eigenvalue weighted by Gasteiger charge is -2.10. The molecule has 0 aliphatic carbocycles. The first kappa shape index (κ1) is 17.9. The fourth-order valence-electron chi connectivity index (χ4n) is 2.47. The van der Waals surface area contributed by atoms with Crippen molar-refractivity contribution < 1.29 is 13.9 Å². The van der Waals surface area contributed by atoms with E-state index in [9.17, 15) is 9.18 Å². The number of amides is 1. The molecule has 1 amide bonds. The monoisotopic (exact) mass is 368 g/mol. The van der Waals surface area contributed by atoms with Crippen molar-refractivity contribution in [3.8, 4) is 18.1 Å². The van der Waals surface area contributed by atoms with Crippen LogP contribution in [0.3, 0.4) is 0 Å². The highest BCUT2D eigenvalue weighted by atomic mass is 32.1. The zero-order valence-electron chi connectivity index (χ0n) is 14.0. The summed E-state index contributed by atoms with van der Waals surface area (Å²) in [5.41, 5.74) is 3.58. The lowest BCUT2D eigenvalue weighted by Crippen LogP contribution is -2.15. The normalized spacial score (nSPS) is 10.5. The summed E-state index contributed by atoms with van der Waals surface area (Å²) in [5, 5.41) is 2.79. The van der Waals surface area contributed by atoms with Crippen LogP contribution in [-0.4, -0.2) is 17.5 Å². The predicted octanol–water partition coefficient (Wildman–Crippen LogP) is 4.41. The van der Waals surface area contributed by atoms with Gasteiger partial charge in [0, 0.05) is 17.7 Å². The highest BCUT2D eigenvalue weighted by molar-refractivity contribution is 7.16. The summed E-state index contributed by atoms with van der Waals surface area (Å²) in [5.74, 6) is 1.84. The summed E-state index contributed by atoms with van der Waals surface area (Å²) in [6, 6.07) is 10.3. The molecular weight excluding hydrogens is 351 g/mol. The number of hydrogen-bond acceptors (Lipinski definition) is 4. The molecule has 3 rings (SSSR count). The van der Waals surface area contributed by atoms with Crippen molar-refractivity contribution in [2.75, 3.05) is 11.9 Å². The molecule has 26 heavy (non-hydrogen) atoms. The summed E-state index contributed by atoms with van der Waals surface area (Å²) >= 11 is 1.50. The largest absolute Gasteiger partial charge is 0.490 e. The van der Waals surface area contributed by atoms with Crippen LogP contribution >= 0.6 is 11.3 Å². The highest BCUT2D eigenvalue weighted by Gasteiger charge is 2.13. The van der Waals surface area contributed by atoms with Gasteiger partial charge in [-0.25, -0.2) is 9.37 Å². The van der Waals surface area contributed by atoms with Gasteiger partial charge in [0.25, 0.3) is 0 Å². The maximum absolute atomic E-state index is 14.5. The van der Waals surface area contributed by atoms with Crippen LogP contribution in [0.4, 0.5) is 10.1 Å². The average Bonchev–Trinajstić information content (AvgIpc) is 3.09. The van der Waals surface area contributed by atoms with Crippen LogP contribution in [0.1, 0.15) is 18.4 Å². The Bertz CT molecular complexity index is 962. The van der Waals surface area contributed by atoms with Gasteiger partial charge < -0.3 is 10.1 Å². The Morgan fingerprint density at radius 3 is 3.08 bits per heavy atom. The number of hydrogen-bond donors (Lipinski definition) is 1. The van der Waals surface area contributed by atoms with Gasteiger partial charge >= 0.3 is 0 Å². The summed E-state index contributed by atoms with van der Waals surface area (Å²) in [4.78, 5) is 16.5. The van der Waals surface area contributed by atoms with Crippen molar-refractivity contribution in [2.24, 2.45) is 0 Å². The Morgan fingerprint density at radius 2 is 2.23 bits per heavy atom. The lowest BCUT2D eigenvalue weighted by atomic mass is 10.1. The van der Waals surface area contributed by atoms with E-state index in [1.807, 2.05) is 12.1 Å². The quantitative estimate of drug-likeness (QED) is 0.496. The molecule has 0 aliphatic rings. The number of nitrogens with one attached hydrogen (secondary N) is 1. The van der Waals surface area contributed by atoms with Crippen LogP contribution < -0.4 is 10.1 Å². The van der Waals surface area contributed by atoms with Gasteiger partial charge in [0.2, 0.25) is 5.91 Å². The molecular formula is C20H17FN2O2S. The predicted molar refractivity (Wildman–Crippen MR) is 102 cm³/mol. The van der Waals surface area contributed by atoms with E-state index in [1.165, 1.54) is 11.3 Å². The van der Waals surface area contributed by atoms with Crippen LogP contribution in [0.15, 0.2) is 41.9 Å². The zero-order chi connectivity index (χ0) is 18.4. The molecule has 4 nitrogen and oxygen atoms in total. The van der Waals surface area contributed by atoms with Crippen molar-refractivity contribution in [3.63, 3.8) is 0 Å². The van der Waals surface area contributed by atoms with E-state index in [2.05, 4.69) is 16.2 Å². The summed E-state index contributed by atoms with van der Waals surface area (Å²) in [7, 11) is 0. The molecule has 3 aromatic rings. The molecule has 0 saturated heterocycles. The van der Waals surface area contributed by atoms with E-state index >= 15 is 0 Å². The van der Waals surface area contributed by atoms with Crippen LogP contribution in [0.25, 0.3) is 10.2 Å². The van der Waals surface area contributed by atoms with E-state index in [4.69, 9.17) is 11.2 Å². The molecule has 0 atom stereocenters. The minimum Gasteiger partial charge on any atom is -0.490 e. The molecule has 6 heteroatoms. The van der Waals surface area contributed by atoms with Crippen molar-refractivity contribution in [1.82, 2.24) is 4.98 Å². The van der Waals surface area contributed by atoms with E-state index < -0.39 is 5.82 Å². The fourth-order valence-corrected chi connectivity index (χ4v) is 3.19. The van der Waals surface area contributed by atoms with E-state index in [1.54, 1.807) is 29.8 Å². The number of benzene rings is 2. The first-order valence-corrected chi connectivity index (χ1v) is 9.02. The third kappa shape index (κ3) is 4.38. The van der Waals surface area contributed by atoms with Crippen molar-refractivity contribution in [2.45, 2.75) is 19.3 Å². The van der Waals surface area contributed by atoms with Crippen molar-refractivity contribution in [1.29, 1.82) is 0 Å². The second kappa shape index (κ2) is 8.45. The molecule has 0 fully saturated rings. The number of fused-ring (bicyclic) bond motifs is 1. The lowest BCUT2D eigenvalue weighted by molar-refractivity contribution is -0.115. The standard InChI is InChI=1S/C20H17FN2O2S/c1-2-3-4-10-25-17-7-5-6-14(20(17)21)11-19(24)23-15-8-9-16-18(12-15)26-13-22-16/h1,5-9,12-13H,3-4,10-11H2,(H,23,24). The SMILES string of the molecule is C#CCCCOc1cccc(CC(=O)Nc2ccc3ncsc3c2)c1F. The van der Waals surface area contributed by atoms with Crippen molar-refractivity contribution in [3.05, 3.63) is 53.3 Å². The summed E-state index contributed by atoms with van der Waals surface area (Å²) < 4.78 is 20.9. The first-order valence-electron chi connectivity index (χ1n) is 8.14. The summed E-state index contributed by atoms with van der Waals surface area (Å²) in [6.45, 7) is 0.339. The summed E-state index contributed by atoms with van der Waals surface area (Å²) in [6.07, 6.45) is 6.33. The molecule has 0 aliphatic heterocycles. The maximum atomic E-state index is 14.5. The number of thiazole rings is 1. The van der Waals surface area contributed by atoms with E-state index in [0.717, 1.165) is 10.2 Å². The molecule has 132 valence electrons. The number of anilines is 1. The number of carbonyl (C=O) groups is 1. The Balaban J connectivity index is 1.64. The Labute approximate surface area is 155 Å². The van der Waals surface area contributed by atoms with Gasteiger partial charge in [-0.1, -0.05) is 12.1 Å². The van der Waals surface area contributed by atoms with Crippen LogP contribution in [0.5, 0.6) is 5.75 Å². The first-order chi connectivity index (χ1) is 12.7. The fraction of sp³-hybridized carbons (Fsp3) is 0.200. The number of rotatable bonds is 7. The van der Waals surface area contributed by atoms with Gasteiger partial charge in [-0.3, -0.25) is 4.79 Å². The second-order valence-corrected chi connectivity index (χ2v) is 6.53. The van der Waals surface area contributed by atoms with E-state index in [-0.39, 0.29) is 23.6 Å². The van der Waals surface area contributed by atoms with Gasteiger partial charge in [0.15, 0.2) is 11.6 Å². The number of terminal acetylenes is 1. The Hall–Kier alpha value is -2.91. The maximum Gasteiger partial charge on any atom is 0.228 e. The van der Waals surface area contributed by atoms with Crippen LogP contribution in [-0.2, 0) is 11.2 Å². The molecule has 0 saturated carbocycles. The molecule has 0 radical (unpaired) electrons. The number of aromatic nitrogens is 1. The van der Waals surface area contributed by atoms with Crippen molar-refractivity contribution >= 4 is 33.1 Å². The molecule has 1 aromatic heterocycles. The van der Waals surface area contributed by atoms with Gasteiger partial charge in [0.1, 0.15) is 0 Å². The molecule has 1 heterocycles. The van der Waals surface area contributed by atoms with Gasteiger partial charge in [-0.15, -0.1) is 23.7 Å². The third-order valence-electron chi connectivity index (χ3n) is 3.73. The Kier molecular flexibility index (Phi) is 5.82. The number of carbonyl (C=O) groups excluding carboxylic acids is 1. The average molecular weight is 368 g/mol. The van der Waals surface area contributed by atoms with Gasteiger partial charge in [-0.2, -0.15) is 0 Å². The van der Waals surface area contributed by atoms with Crippen LogP contribution in [0, 0.1) is 18.2 Å². The molecule has 0 bridgehead atoms. The molecule has 0 spiro atoms. The smallest absolute Gasteiger partial charge is 0.228 e. The number of unbranched alkanes of at least 4 members (excludes halogenated alkanes) is 1. The molecule has 0 unspecified atom stereocenters. The number of nitrogens with zero attached hydrogens (tertiary/aromatic N) is 1. The van der Waals surface area contributed by atoms with E-state index in [0.29, 0.717) is 25.1 Å². The molecule has 2 aromatic carbocycles. The van der Waals surface area contributed by atoms with Crippen LogP contribution in [0.2, 0.25) is 0 Å². The third-order valence-corrected chi connectivity index (χ3v) is 4.52.